The summed E-state index contributed by atoms with van der Waals surface area (Å²) in [6.45, 7) is 1.73. The molecule has 2 rings (SSSR count). The minimum absolute atomic E-state index is 0.197. The third-order valence-electron chi connectivity index (χ3n) is 3.13. The average molecular weight is 248 g/mol. The highest BCUT2D eigenvalue weighted by Crippen LogP contribution is 2.26. The number of urea groups is 1. The first-order valence-corrected chi connectivity index (χ1v) is 5.87. The van der Waals surface area contributed by atoms with Crippen LogP contribution < -0.4 is 5.32 Å². The average Bonchev–Trinajstić information content (AvgIpc) is 3.14. The molecule has 1 aromatic rings. The highest BCUT2D eigenvalue weighted by atomic mass is 16.4. The number of amides is 2. The molecular formula is C13H16N2O3. The van der Waals surface area contributed by atoms with Gasteiger partial charge in [-0.15, -0.1) is 0 Å². The van der Waals surface area contributed by atoms with E-state index in [1.54, 1.807) is 31.0 Å². The molecule has 1 aliphatic rings. The fourth-order valence-corrected chi connectivity index (χ4v) is 1.77. The van der Waals surface area contributed by atoms with E-state index in [1.807, 2.05) is 0 Å². The summed E-state index contributed by atoms with van der Waals surface area (Å²) in [6.07, 6.45) is 2.08. The van der Waals surface area contributed by atoms with Gasteiger partial charge in [-0.25, -0.2) is 9.59 Å². The summed E-state index contributed by atoms with van der Waals surface area (Å²) >= 11 is 0. The molecule has 0 aliphatic heterocycles. The van der Waals surface area contributed by atoms with Gasteiger partial charge in [-0.1, -0.05) is 6.07 Å². The molecular weight excluding hydrogens is 232 g/mol. The van der Waals surface area contributed by atoms with Crippen molar-refractivity contribution in [3.8, 4) is 0 Å². The number of anilines is 1. The number of carboxylic acids is 1. The standard InChI is InChI=1S/C13H16N2O3/c1-8-3-4-9(7-11(8)12(16)17)14-13(18)15(2)10-5-6-10/h3-4,7,10H,5-6H2,1-2H3,(H,14,18)(H,16,17). The molecule has 0 spiro atoms. The lowest BCUT2D eigenvalue weighted by atomic mass is 10.1. The Morgan fingerprint density at radius 2 is 2.06 bits per heavy atom. The first-order chi connectivity index (χ1) is 8.49. The lowest BCUT2D eigenvalue weighted by molar-refractivity contribution is 0.0696. The van der Waals surface area contributed by atoms with E-state index in [0.29, 0.717) is 17.3 Å². The first-order valence-electron chi connectivity index (χ1n) is 5.87. The second kappa shape index (κ2) is 4.68. The quantitative estimate of drug-likeness (QED) is 0.862. The number of carbonyl (C=O) groups is 2. The number of aryl methyl sites for hydroxylation is 1. The van der Waals surface area contributed by atoms with Crippen molar-refractivity contribution in [3.63, 3.8) is 0 Å². The van der Waals surface area contributed by atoms with Crippen molar-refractivity contribution in [2.45, 2.75) is 25.8 Å². The monoisotopic (exact) mass is 248 g/mol. The Hall–Kier alpha value is -2.04. The fourth-order valence-electron chi connectivity index (χ4n) is 1.77. The predicted molar refractivity (Wildman–Crippen MR) is 67.9 cm³/mol. The molecule has 2 amide bonds. The molecule has 1 fully saturated rings. The smallest absolute Gasteiger partial charge is 0.336 e. The molecule has 0 unspecified atom stereocenters. The highest BCUT2D eigenvalue weighted by Gasteiger charge is 2.29. The summed E-state index contributed by atoms with van der Waals surface area (Å²) in [5.41, 5.74) is 1.40. The van der Waals surface area contributed by atoms with Gasteiger partial charge in [0, 0.05) is 18.8 Å². The SMILES string of the molecule is Cc1ccc(NC(=O)N(C)C2CC2)cc1C(=O)O. The maximum Gasteiger partial charge on any atom is 0.336 e. The number of hydrogen-bond donors (Lipinski definition) is 2. The van der Waals surface area contributed by atoms with Gasteiger partial charge in [0.15, 0.2) is 0 Å². The van der Waals surface area contributed by atoms with E-state index in [2.05, 4.69) is 5.32 Å². The van der Waals surface area contributed by atoms with Crippen molar-refractivity contribution >= 4 is 17.7 Å². The maximum atomic E-state index is 11.8. The second-order valence-corrected chi connectivity index (χ2v) is 4.61. The Kier molecular flexibility index (Phi) is 3.23. The molecule has 5 nitrogen and oxygen atoms in total. The highest BCUT2D eigenvalue weighted by molar-refractivity contribution is 5.94. The zero-order valence-electron chi connectivity index (χ0n) is 10.4. The molecule has 1 aromatic carbocycles. The van der Waals surface area contributed by atoms with Gasteiger partial charge in [0.05, 0.1) is 5.56 Å². The van der Waals surface area contributed by atoms with Crippen LogP contribution in [0.3, 0.4) is 0 Å². The minimum Gasteiger partial charge on any atom is -0.478 e. The van der Waals surface area contributed by atoms with Crippen LogP contribution in [0.25, 0.3) is 0 Å². The largest absolute Gasteiger partial charge is 0.478 e. The number of nitrogens with one attached hydrogen (secondary N) is 1. The second-order valence-electron chi connectivity index (χ2n) is 4.61. The molecule has 0 saturated heterocycles. The molecule has 1 saturated carbocycles. The molecule has 5 heteroatoms. The summed E-state index contributed by atoms with van der Waals surface area (Å²) in [6, 6.07) is 5.01. The molecule has 0 bridgehead atoms. The zero-order chi connectivity index (χ0) is 13.3. The Morgan fingerprint density at radius 3 is 2.61 bits per heavy atom. The molecule has 1 aliphatic carbocycles. The van der Waals surface area contributed by atoms with Gasteiger partial charge in [-0.2, -0.15) is 0 Å². The fraction of sp³-hybridized carbons (Fsp3) is 0.385. The minimum atomic E-state index is -0.987. The van der Waals surface area contributed by atoms with Crippen LogP contribution >= 0.6 is 0 Å². The van der Waals surface area contributed by atoms with Crippen LogP contribution in [0.15, 0.2) is 18.2 Å². The molecule has 0 aromatic heterocycles. The third kappa shape index (κ3) is 2.61. The lowest BCUT2D eigenvalue weighted by Gasteiger charge is -2.17. The van der Waals surface area contributed by atoms with Crippen molar-refractivity contribution < 1.29 is 14.7 Å². The van der Waals surface area contributed by atoms with Gasteiger partial charge in [0.1, 0.15) is 0 Å². The zero-order valence-corrected chi connectivity index (χ0v) is 10.4. The first kappa shape index (κ1) is 12.4. The Labute approximate surface area is 105 Å². The van der Waals surface area contributed by atoms with Crippen LogP contribution in [0.2, 0.25) is 0 Å². The predicted octanol–water partition coefficient (Wildman–Crippen LogP) is 2.32. The Morgan fingerprint density at radius 1 is 1.39 bits per heavy atom. The van der Waals surface area contributed by atoms with Crippen molar-refractivity contribution in [1.29, 1.82) is 0 Å². The van der Waals surface area contributed by atoms with Crippen LogP contribution in [0.5, 0.6) is 0 Å². The van der Waals surface area contributed by atoms with E-state index >= 15 is 0 Å². The molecule has 2 N–H and O–H groups in total. The summed E-state index contributed by atoms with van der Waals surface area (Å²) in [5, 5.41) is 11.7. The molecule has 96 valence electrons. The number of benzene rings is 1. The normalized spacial score (nSPS) is 14.1. The molecule has 18 heavy (non-hydrogen) atoms. The van der Waals surface area contributed by atoms with Gasteiger partial charge < -0.3 is 15.3 Å². The van der Waals surface area contributed by atoms with E-state index in [4.69, 9.17) is 5.11 Å². The van der Waals surface area contributed by atoms with Crippen LogP contribution in [0.4, 0.5) is 10.5 Å². The topological polar surface area (TPSA) is 69.6 Å². The Balaban J connectivity index is 2.11. The summed E-state index contributed by atoms with van der Waals surface area (Å²) in [5.74, 6) is -0.987. The molecule has 0 atom stereocenters. The van der Waals surface area contributed by atoms with Gasteiger partial charge >= 0.3 is 12.0 Å². The van der Waals surface area contributed by atoms with Gasteiger partial charge in [-0.05, 0) is 37.5 Å². The summed E-state index contributed by atoms with van der Waals surface area (Å²) in [7, 11) is 1.75. The number of carbonyl (C=O) groups excluding carboxylic acids is 1. The van der Waals surface area contributed by atoms with Crippen molar-refractivity contribution in [3.05, 3.63) is 29.3 Å². The van der Waals surface area contributed by atoms with E-state index in [0.717, 1.165) is 12.8 Å². The number of aromatic carboxylic acids is 1. The van der Waals surface area contributed by atoms with Crippen LogP contribution in [0, 0.1) is 6.92 Å². The van der Waals surface area contributed by atoms with E-state index in [1.165, 1.54) is 6.07 Å². The van der Waals surface area contributed by atoms with Crippen LogP contribution in [-0.4, -0.2) is 35.1 Å². The van der Waals surface area contributed by atoms with Crippen molar-refractivity contribution in [2.24, 2.45) is 0 Å². The van der Waals surface area contributed by atoms with E-state index in [-0.39, 0.29) is 11.6 Å². The van der Waals surface area contributed by atoms with Crippen LogP contribution in [-0.2, 0) is 0 Å². The summed E-state index contributed by atoms with van der Waals surface area (Å²) < 4.78 is 0. The lowest BCUT2D eigenvalue weighted by Crippen LogP contribution is -2.33. The van der Waals surface area contributed by atoms with Gasteiger partial charge in [-0.3, -0.25) is 0 Å². The summed E-state index contributed by atoms with van der Waals surface area (Å²) in [4.78, 5) is 24.5. The third-order valence-corrected chi connectivity index (χ3v) is 3.13. The van der Waals surface area contributed by atoms with E-state index in [9.17, 15) is 9.59 Å². The molecule has 0 heterocycles. The van der Waals surface area contributed by atoms with Crippen molar-refractivity contribution in [2.75, 3.05) is 12.4 Å². The van der Waals surface area contributed by atoms with Gasteiger partial charge in [0.2, 0.25) is 0 Å². The van der Waals surface area contributed by atoms with Crippen LogP contribution in [0.1, 0.15) is 28.8 Å². The van der Waals surface area contributed by atoms with Gasteiger partial charge in [0.25, 0.3) is 0 Å². The maximum absolute atomic E-state index is 11.8. The van der Waals surface area contributed by atoms with Crippen molar-refractivity contribution in [1.82, 2.24) is 4.90 Å². The number of rotatable bonds is 3. The van der Waals surface area contributed by atoms with E-state index < -0.39 is 5.97 Å². The molecule has 0 radical (unpaired) electrons. The number of hydrogen-bond acceptors (Lipinski definition) is 2. The number of carboxylic acid groups (broad SMARTS) is 1. The number of nitrogens with zero attached hydrogens (tertiary/aromatic N) is 1. The Bertz CT molecular complexity index is 495.